The van der Waals surface area contributed by atoms with Crippen molar-refractivity contribution < 1.29 is 8.42 Å². The van der Waals surface area contributed by atoms with E-state index in [-0.39, 0.29) is 4.90 Å². The quantitative estimate of drug-likeness (QED) is 0.794. The Balaban J connectivity index is 1.50. The summed E-state index contributed by atoms with van der Waals surface area (Å²) in [5.41, 5.74) is 3.55. The van der Waals surface area contributed by atoms with Crippen molar-refractivity contribution in [3.05, 3.63) is 78.4 Å². The smallest absolute Gasteiger partial charge is 0.238 e. The lowest BCUT2D eigenvalue weighted by Crippen LogP contribution is -2.11. The molecule has 0 aliphatic heterocycles. The Labute approximate surface area is 140 Å². The summed E-state index contributed by atoms with van der Waals surface area (Å²) in [7, 11) is -3.62. The van der Waals surface area contributed by atoms with Crippen LogP contribution in [-0.4, -0.2) is 18.0 Å². The van der Waals surface area contributed by atoms with Crippen LogP contribution in [0.5, 0.6) is 0 Å². The first-order valence-corrected chi connectivity index (χ1v) is 9.28. The van der Waals surface area contributed by atoms with Gasteiger partial charge in [-0.05, 0) is 53.6 Å². The lowest BCUT2D eigenvalue weighted by Gasteiger charge is -2.05. The number of sulfonamides is 1. The fraction of sp³-hybridized carbons (Fsp3) is 0.167. The Kier molecular flexibility index (Phi) is 3.51. The molecule has 2 N–H and O–H groups in total. The topological polar surface area (TPSA) is 78.0 Å². The van der Waals surface area contributed by atoms with Gasteiger partial charge in [0, 0.05) is 18.1 Å². The number of benzene rings is 2. The molecule has 5 nitrogen and oxygen atoms in total. The summed E-state index contributed by atoms with van der Waals surface area (Å²) in [4.78, 5) is 4.22. The van der Waals surface area contributed by atoms with Crippen LogP contribution in [0.4, 0.5) is 0 Å². The van der Waals surface area contributed by atoms with Crippen LogP contribution in [0.3, 0.4) is 0 Å². The molecule has 6 heteroatoms. The molecular formula is C18H17N3O2S. The summed E-state index contributed by atoms with van der Waals surface area (Å²) in [5.74, 6) is 0.931. The van der Waals surface area contributed by atoms with E-state index in [1.807, 2.05) is 22.9 Å². The van der Waals surface area contributed by atoms with E-state index in [1.165, 1.54) is 5.56 Å². The fourth-order valence-corrected chi connectivity index (χ4v) is 3.66. The minimum Gasteiger partial charge on any atom is -0.306 e. The fourth-order valence-electron chi connectivity index (χ4n) is 3.14. The van der Waals surface area contributed by atoms with Crippen LogP contribution in [0.15, 0.2) is 72.1 Å². The third kappa shape index (κ3) is 2.86. The molecule has 0 spiro atoms. The van der Waals surface area contributed by atoms with Crippen molar-refractivity contribution in [3.8, 4) is 5.69 Å². The van der Waals surface area contributed by atoms with Crippen LogP contribution >= 0.6 is 0 Å². The molecule has 3 aromatic rings. The van der Waals surface area contributed by atoms with Crippen LogP contribution in [0.2, 0.25) is 0 Å². The number of nitrogens with zero attached hydrogens (tertiary/aromatic N) is 2. The van der Waals surface area contributed by atoms with Gasteiger partial charge in [-0.1, -0.05) is 24.3 Å². The number of hydrogen-bond acceptors (Lipinski definition) is 3. The van der Waals surface area contributed by atoms with E-state index in [1.54, 1.807) is 24.7 Å². The molecule has 1 aliphatic carbocycles. The average Bonchev–Trinajstić information content (AvgIpc) is 3.19. The third-order valence-corrected chi connectivity index (χ3v) is 5.48. The Morgan fingerprint density at radius 1 is 0.958 bits per heavy atom. The summed E-state index contributed by atoms with van der Waals surface area (Å²) < 4.78 is 24.6. The number of rotatable bonds is 4. The Hall–Kier alpha value is -2.44. The van der Waals surface area contributed by atoms with Gasteiger partial charge >= 0.3 is 0 Å². The molecule has 2 aromatic carbocycles. The summed E-state index contributed by atoms with van der Waals surface area (Å²) in [6.07, 6.45) is 6.54. The zero-order chi connectivity index (χ0) is 16.7. The predicted molar refractivity (Wildman–Crippen MR) is 91.5 cm³/mol. The van der Waals surface area contributed by atoms with Gasteiger partial charge in [0.2, 0.25) is 10.0 Å². The van der Waals surface area contributed by atoms with Gasteiger partial charge in [0.1, 0.15) is 0 Å². The molecule has 0 saturated heterocycles. The van der Waals surface area contributed by atoms with Crippen LogP contribution in [0.1, 0.15) is 29.4 Å². The molecule has 1 aromatic heterocycles. The van der Waals surface area contributed by atoms with Crippen molar-refractivity contribution >= 4 is 10.0 Å². The second-order valence-corrected chi connectivity index (χ2v) is 7.69. The second kappa shape index (κ2) is 5.58. The molecular weight excluding hydrogens is 322 g/mol. The highest BCUT2D eigenvalue weighted by Gasteiger charge is 2.39. The third-order valence-electron chi connectivity index (χ3n) is 4.55. The molecule has 122 valence electrons. The molecule has 4 rings (SSSR count). The van der Waals surface area contributed by atoms with Crippen LogP contribution < -0.4 is 5.14 Å². The van der Waals surface area contributed by atoms with Gasteiger partial charge in [0.15, 0.2) is 0 Å². The number of imidazole rings is 1. The van der Waals surface area contributed by atoms with Crippen molar-refractivity contribution in [2.75, 3.05) is 0 Å². The Morgan fingerprint density at radius 3 is 2.04 bits per heavy atom. The monoisotopic (exact) mass is 339 g/mol. The van der Waals surface area contributed by atoms with Crippen LogP contribution in [0.25, 0.3) is 5.69 Å². The van der Waals surface area contributed by atoms with Gasteiger partial charge in [-0.25, -0.2) is 18.5 Å². The molecule has 1 heterocycles. The van der Waals surface area contributed by atoms with E-state index in [9.17, 15) is 8.42 Å². The number of nitrogens with two attached hydrogens (primary N) is 1. The van der Waals surface area contributed by atoms with Crippen molar-refractivity contribution in [2.45, 2.75) is 23.2 Å². The first-order valence-electron chi connectivity index (χ1n) is 7.73. The highest BCUT2D eigenvalue weighted by molar-refractivity contribution is 7.89. The van der Waals surface area contributed by atoms with Gasteiger partial charge < -0.3 is 4.57 Å². The van der Waals surface area contributed by atoms with E-state index < -0.39 is 10.0 Å². The van der Waals surface area contributed by atoms with Gasteiger partial charge in [-0.2, -0.15) is 0 Å². The normalized spacial score (nSPS) is 20.0. The van der Waals surface area contributed by atoms with Gasteiger partial charge in [0.25, 0.3) is 0 Å². The Morgan fingerprint density at radius 2 is 1.54 bits per heavy atom. The zero-order valence-electron chi connectivity index (χ0n) is 12.9. The van der Waals surface area contributed by atoms with E-state index in [0.29, 0.717) is 11.8 Å². The maximum atomic E-state index is 11.3. The lowest BCUT2D eigenvalue weighted by molar-refractivity contribution is 0.598. The van der Waals surface area contributed by atoms with E-state index in [0.717, 1.165) is 17.7 Å². The summed E-state index contributed by atoms with van der Waals surface area (Å²) in [6.45, 7) is 0. The Bertz CT molecular complexity index is 947. The maximum absolute atomic E-state index is 11.3. The maximum Gasteiger partial charge on any atom is 0.238 e. The van der Waals surface area contributed by atoms with Crippen molar-refractivity contribution in [1.29, 1.82) is 0 Å². The standard InChI is InChI=1S/C18H17N3O2S/c19-24(22,23)16-7-3-14(4-8-16)18-11-17(18)13-1-5-15(6-2-13)21-10-9-20-12-21/h1-10,12,17-18H,11H2,(H2,19,22,23). The van der Waals surface area contributed by atoms with Gasteiger partial charge in [0.05, 0.1) is 11.2 Å². The molecule has 1 fully saturated rings. The summed E-state index contributed by atoms with van der Waals surface area (Å²) >= 11 is 0. The number of primary sulfonamides is 1. The number of aromatic nitrogens is 2. The predicted octanol–water partition coefficient (Wildman–Crippen LogP) is 2.79. The van der Waals surface area contributed by atoms with E-state index in [4.69, 9.17) is 5.14 Å². The van der Waals surface area contributed by atoms with Gasteiger partial charge in [-0.15, -0.1) is 0 Å². The lowest BCUT2D eigenvalue weighted by atomic mass is 10.0. The molecule has 0 bridgehead atoms. The number of hydrogen-bond donors (Lipinski definition) is 1. The van der Waals surface area contributed by atoms with Crippen molar-refractivity contribution in [1.82, 2.24) is 9.55 Å². The minimum absolute atomic E-state index is 0.160. The van der Waals surface area contributed by atoms with E-state index in [2.05, 4.69) is 29.2 Å². The molecule has 1 saturated carbocycles. The zero-order valence-corrected chi connectivity index (χ0v) is 13.7. The molecule has 2 atom stereocenters. The second-order valence-electron chi connectivity index (χ2n) is 6.12. The summed E-state index contributed by atoms with van der Waals surface area (Å²) in [5, 5.41) is 5.14. The van der Waals surface area contributed by atoms with E-state index >= 15 is 0 Å². The highest BCUT2D eigenvalue weighted by atomic mass is 32.2. The first kappa shape index (κ1) is 15.1. The summed E-state index contributed by atoms with van der Waals surface area (Å²) in [6, 6.07) is 15.4. The van der Waals surface area contributed by atoms with Crippen molar-refractivity contribution in [2.24, 2.45) is 5.14 Å². The minimum atomic E-state index is -3.62. The first-order chi connectivity index (χ1) is 11.5. The average molecular weight is 339 g/mol. The van der Waals surface area contributed by atoms with Crippen molar-refractivity contribution in [3.63, 3.8) is 0 Å². The van der Waals surface area contributed by atoms with Crippen LogP contribution in [0, 0.1) is 0 Å². The largest absolute Gasteiger partial charge is 0.306 e. The molecule has 24 heavy (non-hydrogen) atoms. The highest BCUT2D eigenvalue weighted by Crippen LogP contribution is 2.54. The molecule has 2 unspecified atom stereocenters. The molecule has 1 aliphatic rings. The van der Waals surface area contributed by atoms with Gasteiger partial charge in [-0.3, -0.25) is 0 Å². The van der Waals surface area contributed by atoms with Crippen LogP contribution in [-0.2, 0) is 10.0 Å². The molecule has 0 amide bonds. The molecule has 0 radical (unpaired) electrons. The SMILES string of the molecule is NS(=O)(=O)c1ccc(C2CC2c2ccc(-n3ccnc3)cc2)cc1.